The van der Waals surface area contributed by atoms with Gasteiger partial charge in [-0.3, -0.25) is 4.99 Å². The van der Waals surface area contributed by atoms with E-state index in [1.54, 1.807) is 0 Å². The first-order valence-corrected chi connectivity index (χ1v) is 17.6. The Hall–Kier alpha value is -3.09. The Morgan fingerprint density at radius 2 is 1.21 bits per heavy atom. The maximum Gasteiger partial charge on any atom is 0.163 e. The molecule has 4 N–H and O–H groups in total. The van der Waals surface area contributed by atoms with E-state index >= 15 is 0 Å². The Morgan fingerprint density at radius 3 is 1.71 bits per heavy atom. The second kappa shape index (κ2) is 10.2. The van der Waals surface area contributed by atoms with Gasteiger partial charge in [0, 0.05) is 23.2 Å². The van der Waals surface area contributed by atoms with Crippen molar-refractivity contribution in [1.82, 2.24) is 9.13 Å². The van der Waals surface area contributed by atoms with Gasteiger partial charge in [0.1, 0.15) is 48.2 Å². The van der Waals surface area contributed by atoms with Gasteiger partial charge in [-0.1, -0.05) is 35.9 Å². The summed E-state index contributed by atoms with van der Waals surface area (Å²) in [6, 6.07) is 4.56. The number of nitrogens with one attached hydrogen (secondary N) is 2. The van der Waals surface area contributed by atoms with Crippen molar-refractivity contribution >= 4 is 34.2 Å². The number of nitrogens with zero attached hydrogens (tertiary/aromatic N) is 4. The largest absolute Gasteiger partial charge is 0.383 e. The van der Waals surface area contributed by atoms with Crippen LogP contribution in [-0.2, 0) is 18.9 Å². The SMILES string of the molecule is C=C1CC2(C1)C[C@@H](n1ccc3c1NCN=C3Cl)[C@@H]1OC(C)(C)O[C@@H]12.C=C1CC2(C1)C[C@@H](n1ccc3c1NCN=C3N)[C@@H]1OC(C)(C)O[C@@H]12. The van der Waals surface area contributed by atoms with Crippen molar-refractivity contribution in [2.75, 3.05) is 24.0 Å². The molecule has 2 aromatic heterocycles. The van der Waals surface area contributed by atoms with E-state index in [1.165, 1.54) is 11.1 Å². The number of hydrogen-bond acceptors (Lipinski definition) is 9. The molecule has 0 aromatic carbocycles. The fourth-order valence-corrected chi connectivity index (χ4v) is 10.4. The molecule has 2 aromatic rings. The minimum absolute atomic E-state index is 0.0593. The van der Waals surface area contributed by atoms with Crippen molar-refractivity contribution in [3.63, 3.8) is 0 Å². The van der Waals surface area contributed by atoms with Crippen molar-refractivity contribution in [3.05, 3.63) is 60.0 Å². The Balaban J connectivity index is 0.000000131. The number of halogens is 1. The zero-order valence-corrected chi connectivity index (χ0v) is 29.0. The van der Waals surface area contributed by atoms with Crippen LogP contribution in [0.15, 0.2) is 58.8 Å². The van der Waals surface area contributed by atoms with E-state index in [0.717, 1.165) is 61.3 Å². The van der Waals surface area contributed by atoms with Crippen molar-refractivity contribution in [2.24, 2.45) is 26.5 Å². The predicted molar refractivity (Wildman–Crippen MR) is 186 cm³/mol. The van der Waals surface area contributed by atoms with Crippen LogP contribution in [0.5, 0.6) is 0 Å². The molecule has 10 rings (SSSR count). The first-order chi connectivity index (χ1) is 22.8. The predicted octanol–water partition coefficient (Wildman–Crippen LogP) is 6.04. The van der Waals surface area contributed by atoms with Gasteiger partial charge in [-0.15, -0.1) is 0 Å². The van der Waals surface area contributed by atoms with E-state index in [0.29, 0.717) is 24.3 Å². The summed E-state index contributed by atoms with van der Waals surface area (Å²) in [6.45, 7) is 17.4. The molecule has 2 saturated heterocycles. The van der Waals surface area contributed by atoms with Crippen LogP contribution in [0, 0.1) is 10.8 Å². The van der Waals surface area contributed by atoms with Gasteiger partial charge < -0.3 is 44.4 Å². The minimum Gasteiger partial charge on any atom is -0.383 e. The van der Waals surface area contributed by atoms with Crippen LogP contribution in [-0.4, -0.2) is 69.5 Å². The number of aromatic nitrogens is 2. The monoisotopic (exact) mass is 675 g/mol. The molecule has 4 saturated carbocycles. The molecule has 0 radical (unpaired) electrons. The summed E-state index contributed by atoms with van der Waals surface area (Å²) in [5.74, 6) is 1.64. The lowest BCUT2D eigenvalue weighted by atomic mass is 9.63. The maximum atomic E-state index is 6.33. The van der Waals surface area contributed by atoms with Crippen LogP contribution in [0.1, 0.15) is 89.4 Å². The van der Waals surface area contributed by atoms with Gasteiger partial charge in [0.15, 0.2) is 11.6 Å². The second-order valence-electron chi connectivity index (χ2n) is 16.1. The molecule has 8 aliphatic rings. The summed E-state index contributed by atoms with van der Waals surface area (Å²) in [5.41, 5.74) is 11.0. The van der Waals surface area contributed by atoms with E-state index in [9.17, 15) is 0 Å². The number of rotatable bonds is 2. The molecule has 4 aliphatic carbocycles. The summed E-state index contributed by atoms with van der Waals surface area (Å²) in [6.07, 6.45) is 10.9. The topological polar surface area (TPSA) is 122 Å². The highest BCUT2D eigenvalue weighted by molar-refractivity contribution is 6.70. The first kappa shape index (κ1) is 30.9. The lowest BCUT2D eigenvalue weighted by molar-refractivity contribution is -0.173. The summed E-state index contributed by atoms with van der Waals surface area (Å²) in [4.78, 5) is 8.53. The third kappa shape index (κ3) is 4.54. The van der Waals surface area contributed by atoms with Crippen molar-refractivity contribution in [2.45, 2.75) is 114 Å². The average molecular weight is 676 g/mol. The van der Waals surface area contributed by atoms with Gasteiger partial charge in [-0.2, -0.15) is 0 Å². The Bertz CT molecular complexity index is 1640. The highest BCUT2D eigenvalue weighted by Crippen LogP contribution is 2.65. The molecule has 0 amide bonds. The molecular formula is C36H46ClN7O4. The van der Waals surface area contributed by atoms with Crippen molar-refractivity contribution < 1.29 is 18.9 Å². The fraction of sp³-hybridized carbons (Fsp3) is 0.611. The standard InChI is InChI=1S/C18H22ClN3O2.C18H24N4O2/c2*1-10-6-18(7-10)8-12(13-14(18)24-17(2,3)23-13)22-5-4-11-15(19)20-9-21-16(11)22/h4-5,12-14,21H,1,6-9H2,2-3H3;4-5,12-14,21H,1,6-9H2,2-3H3,(H2,19,20)/t2*12-,13+,14+/m11/s1. The molecule has 4 aliphatic heterocycles. The lowest BCUT2D eigenvalue weighted by Gasteiger charge is -2.44. The summed E-state index contributed by atoms with van der Waals surface area (Å²) < 4.78 is 29.9. The van der Waals surface area contributed by atoms with E-state index in [4.69, 9.17) is 36.3 Å². The number of aliphatic imine (C=N–C) groups is 2. The van der Waals surface area contributed by atoms with Crippen LogP contribution in [0.25, 0.3) is 0 Å². The molecule has 6 heterocycles. The Kier molecular flexibility index (Phi) is 6.59. The summed E-state index contributed by atoms with van der Waals surface area (Å²) in [7, 11) is 0. The normalized spacial score (nSPS) is 35.2. The number of allylic oxidation sites excluding steroid dienone is 2. The smallest absolute Gasteiger partial charge is 0.163 e. The zero-order chi connectivity index (χ0) is 33.4. The molecule has 11 nitrogen and oxygen atoms in total. The zero-order valence-electron chi connectivity index (χ0n) is 28.2. The third-order valence-electron chi connectivity index (χ3n) is 11.9. The number of ether oxygens (including phenoxy) is 4. The number of hydrogen-bond donors (Lipinski definition) is 3. The molecule has 0 bridgehead atoms. The molecule has 0 unspecified atom stereocenters. The fourth-order valence-electron chi connectivity index (χ4n) is 10.2. The maximum absolute atomic E-state index is 6.33. The second-order valence-corrected chi connectivity index (χ2v) is 16.5. The molecule has 6 atom stereocenters. The lowest BCUT2D eigenvalue weighted by Crippen LogP contribution is -2.42. The Labute approximate surface area is 286 Å². The highest BCUT2D eigenvalue weighted by atomic mass is 35.5. The molecule has 48 heavy (non-hydrogen) atoms. The van der Waals surface area contributed by atoms with Crippen LogP contribution in [0.4, 0.5) is 11.6 Å². The van der Waals surface area contributed by atoms with E-state index in [1.807, 2.05) is 39.8 Å². The van der Waals surface area contributed by atoms with Gasteiger partial charge in [0.25, 0.3) is 0 Å². The quantitative estimate of drug-likeness (QED) is 0.332. The third-order valence-corrected chi connectivity index (χ3v) is 12.2. The molecule has 12 heteroatoms. The van der Waals surface area contributed by atoms with E-state index in [-0.39, 0.29) is 47.3 Å². The number of anilines is 2. The van der Waals surface area contributed by atoms with Crippen molar-refractivity contribution in [3.8, 4) is 0 Å². The van der Waals surface area contributed by atoms with E-state index in [2.05, 4.69) is 55.3 Å². The summed E-state index contributed by atoms with van der Waals surface area (Å²) >= 11 is 6.27. The van der Waals surface area contributed by atoms with Gasteiger partial charge in [0.05, 0.1) is 35.4 Å². The number of fused-ring (bicyclic) bond motifs is 6. The van der Waals surface area contributed by atoms with Gasteiger partial charge in [-0.05, 0) is 78.4 Å². The molecule has 6 fully saturated rings. The average Bonchev–Trinajstić information content (AvgIpc) is 3.81. The van der Waals surface area contributed by atoms with Gasteiger partial charge >= 0.3 is 0 Å². The Morgan fingerprint density at radius 1 is 0.750 bits per heavy atom. The molecule has 256 valence electrons. The number of nitrogens with two attached hydrogens (primary N) is 1. The number of amidine groups is 1. The van der Waals surface area contributed by atoms with E-state index < -0.39 is 11.6 Å². The molecule has 2 spiro atoms. The molecular weight excluding hydrogens is 630 g/mol. The highest BCUT2D eigenvalue weighted by Gasteiger charge is 2.66. The van der Waals surface area contributed by atoms with Crippen LogP contribution in [0.2, 0.25) is 0 Å². The van der Waals surface area contributed by atoms with Gasteiger partial charge in [-0.25, -0.2) is 4.99 Å². The minimum atomic E-state index is -0.530. The van der Waals surface area contributed by atoms with Crippen molar-refractivity contribution in [1.29, 1.82) is 0 Å². The van der Waals surface area contributed by atoms with Crippen LogP contribution in [0.3, 0.4) is 0 Å². The first-order valence-electron chi connectivity index (χ1n) is 17.2. The van der Waals surface area contributed by atoms with Crippen LogP contribution >= 0.6 is 11.6 Å². The summed E-state index contributed by atoms with van der Waals surface area (Å²) in [5, 5.41) is 7.32. The van der Waals surface area contributed by atoms with Gasteiger partial charge in [0.2, 0.25) is 0 Å². The van der Waals surface area contributed by atoms with Crippen LogP contribution < -0.4 is 16.4 Å².